The first-order valence-electron chi connectivity index (χ1n) is 2.64. The maximum atomic E-state index is 10.2. The average Bonchev–Trinajstić information content (AvgIpc) is 1.63. The molecule has 0 rings (SSSR count). The zero-order chi connectivity index (χ0) is 7.44. The third kappa shape index (κ3) is 4.44. The SMILES string of the molecule is CC(C)/C=C(\I)C(=O)O. The summed E-state index contributed by atoms with van der Waals surface area (Å²) in [6.07, 6.45) is 1.71. The van der Waals surface area contributed by atoms with Crippen LogP contribution in [0.2, 0.25) is 0 Å². The average molecular weight is 240 g/mol. The van der Waals surface area contributed by atoms with E-state index in [1.165, 1.54) is 0 Å². The topological polar surface area (TPSA) is 37.3 Å². The van der Waals surface area contributed by atoms with Gasteiger partial charge in [-0.1, -0.05) is 19.9 Å². The number of carbonyl (C=O) groups is 1. The summed E-state index contributed by atoms with van der Waals surface area (Å²) in [6.45, 7) is 3.89. The molecule has 52 valence electrons. The largest absolute Gasteiger partial charge is 0.477 e. The van der Waals surface area contributed by atoms with Crippen LogP contribution in [0.3, 0.4) is 0 Å². The lowest BCUT2D eigenvalue weighted by Crippen LogP contribution is -1.94. The summed E-state index contributed by atoms with van der Waals surface area (Å²) in [5.74, 6) is -0.530. The Bertz CT molecular complexity index is 138. The van der Waals surface area contributed by atoms with Crippen molar-refractivity contribution in [2.24, 2.45) is 5.92 Å². The van der Waals surface area contributed by atoms with Crippen LogP contribution >= 0.6 is 22.6 Å². The van der Waals surface area contributed by atoms with E-state index in [1.807, 2.05) is 36.4 Å². The van der Waals surface area contributed by atoms with Crippen molar-refractivity contribution >= 4 is 28.6 Å². The minimum Gasteiger partial charge on any atom is -0.477 e. The lowest BCUT2D eigenvalue weighted by molar-refractivity contribution is -0.131. The van der Waals surface area contributed by atoms with Crippen LogP contribution in [0.15, 0.2) is 9.66 Å². The highest BCUT2D eigenvalue weighted by molar-refractivity contribution is 14.1. The van der Waals surface area contributed by atoms with Crippen LogP contribution in [0.5, 0.6) is 0 Å². The number of aliphatic carboxylic acids is 1. The second-order valence-corrected chi connectivity index (χ2v) is 3.23. The Morgan fingerprint density at radius 3 is 2.22 bits per heavy atom. The van der Waals surface area contributed by atoms with Crippen LogP contribution < -0.4 is 0 Å². The highest BCUT2D eigenvalue weighted by atomic mass is 127. The Kier molecular flexibility index (Phi) is 3.84. The fourth-order valence-electron chi connectivity index (χ4n) is 0.364. The Morgan fingerprint density at radius 1 is 1.67 bits per heavy atom. The van der Waals surface area contributed by atoms with Gasteiger partial charge in [0.25, 0.3) is 0 Å². The van der Waals surface area contributed by atoms with Crippen molar-refractivity contribution in [2.45, 2.75) is 13.8 Å². The summed E-state index contributed by atoms with van der Waals surface area (Å²) in [4.78, 5) is 10.2. The molecule has 0 saturated heterocycles. The molecule has 9 heavy (non-hydrogen) atoms. The van der Waals surface area contributed by atoms with Gasteiger partial charge in [-0.2, -0.15) is 0 Å². The molecule has 0 saturated carbocycles. The Morgan fingerprint density at radius 2 is 2.11 bits per heavy atom. The van der Waals surface area contributed by atoms with E-state index >= 15 is 0 Å². The molecule has 1 N–H and O–H groups in total. The molecule has 0 atom stereocenters. The Balaban J connectivity index is 4.00. The predicted molar refractivity (Wildman–Crippen MR) is 44.6 cm³/mol. The second-order valence-electron chi connectivity index (χ2n) is 2.06. The molecular weight excluding hydrogens is 231 g/mol. The summed E-state index contributed by atoms with van der Waals surface area (Å²) in [5, 5.41) is 8.36. The predicted octanol–water partition coefficient (Wildman–Crippen LogP) is 2.05. The highest BCUT2D eigenvalue weighted by Crippen LogP contribution is 2.09. The number of hydrogen-bond donors (Lipinski definition) is 1. The highest BCUT2D eigenvalue weighted by Gasteiger charge is 2.00. The van der Waals surface area contributed by atoms with Crippen LogP contribution in [0.25, 0.3) is 0 Å². The van der Waals surface area contributed by atoms with Gasteiger partial charge < -0.3 is 5.11 Å². The van der Waals surface area contributed by atoms with Crippen LogP contribution in [0.4, 0.5) is 0 Å². The number of carboxylic acids is 1. The van der Waals surface area contributed by atoms with Gasteiger partial charge in [-0.3, -0.25) is 0 Å². The number of rotatable bonds is 2. The standard InChI is InChI=1S/C6H9IO2/c1-4(2)3-5(7)6(8)9/h3-4H,1-2H3,(H,8,9)/b5-3-. The third-order valence-electron chi connectivity index (χ3n) is 0.684. The molecular formula is C6H9IO2. The maximum Gasteiger partial charge on any atom is 0.341 e. The smallest absolute Gasteiger partial charge is 0.341 e. The van der Waals surface area contributed by atoms with Gasteiger partial charge in [-0.15, -0.1) is 0 Å². The van der Waals surface area contributed by atoms with Crippen molar-refractivity contribution in [3.05, 3.63) is 9.66 Å². The zero-order valence-corrected chi connectivity index (χ0v) is 7.55. The van der Waals surface area contributed by atoms with Gasteiger partial charge in [0, 0.05) is 0 Å². The molecule has 2 nitrogen and oxygen atoms in total. The van der Waals surface area contributed by atoms with Crippen molar-refractivity contribution in [3.8, 4) is 0 Å². The van der Waals surface area contributed by atoms with Gasteiger partial charge in [-0.25, -0.2) is 4.79 Å². The monoisotopic (exact) mass is 240 g/mol. The van der Waals surface area contributed by atoms with Crippen molar-refractivity contribution in [1.29, 1.82) is 0 Å². The van der Waals surface area contributed by atoms with Gasteiger partial charge in [0.1, 0.15) is 0 Å². The van der Waals surface area contributed by atoms with Crippen molar-refractivity contribution in [1.82, 2.24) is 0 Å². The first-order chi connectivity index (χ1) is 4.04. The van der Waals surface area contributed by atoms with E-state index in [1.54, 1.807) is 6.08 Å². The van der Waals surface area contributed by atoms with E-state index in [0.717, 1.165) is 0 Å². The molecule has 0 aliphatic rings. The van der Waals surface area contributed by atoms with Gasteiger partial charge in [0.2, 0.25) is 0 Å². The number of halogens is 1. The quantitative estimate of drug-likeness (QED) is 0.592. The summed E-state index contributed by atoms with van der Waals surface area (Å²) < 4.78 is 0.391. The van der Waals surface area contributed by atoms with Gasteiger partial charge in [-0.05, 0) is 28.5 Å². The van der Waals surface area contributed by atoms with Crippen molar-refractivity contribution < 1.29 is 9.90 Å². The Hall–Kier alpha value is -0.0600. The van der Waals surface area contributed by atoms with E-state index in [4.69, 9.17) is 5.11 Å². The molecule has 3 heteroatoms. The summed E-state index contributed by atoms with van der Waals surface area (Å²) in [7, 11) is 0. The van der Waals surface area contributed by atoms with E-state index < -0.39 is 5.97 Å². The molecule has 0 aliphatic carbocycles. The molecule has 0 spiro atoms. The van der Waals surface area contributed by atoms with Crippen molar-refractivity contribution in [3.63, 3.8) is 0 Å². The molecule has 0 aromatic heterocycles. The molecule has 0 amide bonds. The first kappa shape index (κ1) is 8.94. The van der Waals surface area contributed by atoms with E-state index in [9.17, 15) is 4.79 Å². The molecule has 0 unspecified atom stereocenters. The molecule has 0 radical (unpaired) electrons. The minimum atomic E-state index is -0.843. The molecule has 0 aromatic rings. The number of carboxylic acid groups (broad SMARTS) is 1. The van der Waals surface area contributed by atoms with Gasteiger partial charge >= 0.3 is 5.97 Å². The summed E-state index contributed by atoms with van der Waals surface area (Å²) in [6, 6.07) is 0. The van der Waals surface area contributed by atoms with E-state index in [2.05, 4.69) is 0 Å². The number of allylic oxidation sites excluding steroid dienone is 1. The normalized spacial score (nSPS) is 12.2. The van der Waals surface area contributed by atoms with Crippen molar-refractivity contribution in [2.75, 3.05) is 0 Å². The van der Waals surface area contributed by atoms with Crippen LogP contribution in [-0.2, 0) is 4.79 Å². The molecule has 0 bridgehead atoms. The molecule has 0 heterocycles. The maximum absolute atomic E-state index is 10.2. The van der Waals surface area contributed by atoms with E-state index in [0.29, 0.717) is 9.50 Å². The zero-order valence-electron chi connectivity index (χ0n) is 5.39. The molecule has 0 aromatic carbocycles. The lowest BCUT2D eigenvalue weighted by Gasteiger charge is -1.93. The first-order valence-corrected chi connectivity index (χ1v) is 3.72. The van der Waals surface area contributed by atoms with Crippen LogP contribution in [0, 0.1) is 5.92 Å². The summed E-state index contributed by atoms with van der Waals surface area (Å²) >= 11 is 1.81. The summed E-state index contributed by atoms with van der Waals surface area (Å²) in [5.41, 5.74) is 0. The van der Waals surface area contributed by atoms with Gasteiger partial charge in [0.05, 0.1) is 3.58 Å². The third-order valence-corrected chi connectivity index (χ3v) is 1.50. The molecule has 0 fully saturated rings. The fraction of sp³-hybridized carbons (Fsp3) is 0.500. The second kappa shape index (κ2) is 3.87. The minimum absolute atomic E-state index is 0.313. The lowest BCUT2D eigenvalue weighted by atomic mass is 10.2. The number of hydrogen-bond acceptors (Lipinski definition) is 1. The van der Waals surface area contributed by atoms with Crippen LogP contribution in [-0.4, -0.2) is 11.1 Å². The molecule has 0 aliphatic heterocycles. The Labute approximate surface area is 68.1 Å². The van der Waals surface area contributed by atoms with E-state index in [-0.39, 0.29) is 0 Å². The fourth-order valence-corrected chi connectivity index (χ4v) is 1.08. The van der Waals surface area contributed by atoms with Crippen LogP contribution in [0.1, 0.15) is 13.8 Å². The van der Waals surface area contributed by atoms with Gasteiger partial charge in [0.15, 0.2) is 0 Å².